The van der Waals surface area contributed by atoms with Crippen molar-refractivity contribution in [3.8, 4) is 0 Å². The molecule has 0 spiro atoms. The van der Waals surface area contributed by atoms with Crippen LogP contribution in [0.25, 0.3) is 0 Å². The molecule has 2 saturated carbocycles. The summed E-state index contributed by atoms with van der Waals surface area (Å²) in [5.74, 6) is 1.10. The second-order valence-electron chi connectivity index (χ2n) is 5.64. The van der Waals surface area contributed by atoms with E-state index < -0.39 is 0 Å². The second-order valence-corrected chi connectivity index (χ2v) is 5.64. The van der Waals surface area contributed by atoms with Crippen LogP contribution in [0.5, 0.6) is 0 Å². The van der Waals surface area contributed by atoms with Crippen molar-refractivity contribution in [3.63, 3.8) is 0 Å². The van der Waals surface area contributed by atoms with E-state index in [1.165, 1.54) is 0 Å². The first-order valence-corrected chi connectivity index (χ1v) is 6.83. The molecule has 0 aromatic carbocycles. The summed E-state index contributed by atoms with van der Waals surface area (Å²) >= 11 is 0. The first-order valence-electron chi connectivity index (χ1n) is 6.83. The Hall–Kier alpha value is -1.06. The van der Waals surface area contributed by atoms with Gasteiger partial charge in [-0.05, 0) is 43.9 Å². The molecule has 4 nitrogen and oxygen atoms in total. The van der Waals surface area contributed by atoms with Crippen LogP contribution in [0.3, 0.4) is 0 Å². The normalized spacial score (nSPS) is 33.8. The highest BCUT2D eigenvalue weighted by Gasteiger charge is 2.50. The van der Waals surface area contributed by atoms with E-state index in [1.54, 1.807) is 0 Å². The molecule has 1 heterocycles. The van der Waals surface area contributed by atoms with Gasteiger partial charge in [-0.25, -0.2) is 0 Å². The molecule has 3 fully saturated rings. The maximum absolute atomic E-state index is 12.4. The lowest BCUT2D eigenvalue weighted by atomic mass is 10.0. The molecular formula is C13H20N2O2. The van der Waals surface area contributed by atoms with Crippen LogP contribution in [0, 0.1) is 11.8 Å². The van der Waals surface area contributed by atoms with E-state index in [4.69, 9.17) is 0 Å². The van der Waals surface area contributed by atoms with E-state index in [0.717, 1.165) is 38.6 Å². The molecule has 2 amide bonds. The molecule has 3 aliphatic rings. The van der Waals surface area contributed by atoms with Crippen molar-refractivity contribution < 1.29 is 9.59 Å². The summed E-state index contributed by atoms with van der Waals surface area (Å²) in [5.41, 5.74) is 0. The fourth-order valence-electron chi connectivity index (χ4n) is 2.88. The Morgan fingerprint density at radius 1 is 1.18 bits per heavy atom. The Kier molecular flexibility index (Phi) is 2.60. The third-order valence-electron chi connectivity index (χ3n) is 4.08. The number of nitrogens with zero attached hydrogens (tertiary/aromatic N) is 1. The van der Waals surface area contributed by atoms with Crippen LogP contribution in [-0.2, 0) is 9.59 Å². The summed E-state index contributed by atoms with van der Waals surface area (Å²) < 4.78 is 0. The van der Waals surface area contributed by atoms with E-state index in [2.05, 4.69) is 12.2 Å². The third-order valence-corrected chi connectivity index (χ3v) is 4.08. The van der Waals surface area contributed by atoms with Gasteiger partial charge in [0.1, 0.15) is 12.1 Å². The second kappa shape index (κ2) is 4.00. The summed E-state index contributed by atoms with van der Waals surface area (Å²) in [6, 6.07) is -0.388. The van der Waals surface area contributed by atoms with E-state index in [0.29, 0.717) is 11.8 Å². The average molecular weight is 236 g/mol. The highest BCUT2D eigenvalue weighted by molar-refractivity contribution is 5.97. The first-order chi connectivity index (χ1) is 8.22. The Bertz CT molecular complexity index is 347. The van der Waals surface area contributed by atoms with Crippen LogP contribution in [0.1, 0.15) is 39.0 Å². The van der Waals surface area contributed by atoms with E-state index >= 15 is 0 Å². The number of piperazine rings is 1. The van der Waals surface area contributed by atoms with Crippen molar-refractivity contribution in [2.45, 2.75) is 51.1 Å². The smallest absolute Gasteiger partial charge is 0.246 e. The number of carbonyl (C=O) groups is 2. The Labute approximate surface area is 102 Å². The highest BCUT2D eigenvalue weighted by atomic mass is 16.2. The van der Waals surface area contributed by atoms with Gasteiger partial charge in [0.15, 0.2) is 0 Å². The monoisotopic (exact) mass is 236 g/mol. The zero-order chi connectivity index (χ0) is 12.0. The molecule has 2 atom stereocenters. The van der Waals surface area contributed by atoms with Crippen molar-refractivity contribution in [1.82, 2.24) is 10.2 Å². The lowest BCUT2D eigenvalue weighted by Crippen LogP contribution is -2.64. The molecule has 0 aromatic heterocycles. The maximum Gasteiger partial charge on any atom is 0.246 e. The van der Waals surface area contributed by atoms with Crippen molar-refractivity contribution in [2.75, 3.05) is 6.54 Å². The zero-order valence-corrected chi connectivity index (χ0v) is 10.3. The summed E-state index contributed by atoms with van der Waals surface area (Å²) in [5, 5.41) is 2.96. The Balaban J connectivity index is 1.80. The Morgan fingerprint density at radius 3 is 2.35 bits per heavy atom. The average Bonchev–Trinajstić information content (AvgIpc) is 3.15. The summed E-state index contributed by atoms with van der Waals surface area (Å²) in [6.07, 6.45) is 5.30. The number of amides is 2. The minimum Gasteiger partial charge on any atom is -0.342 e. The molecule has 4 heteroatoms. The lowest BCUT2D eigenvalue weighted by molar-refractivity contribution is -0.150. The maximum atomic E-state index is 12.4. The molecule has 0 bridgehead atoms. The van der Waals surface area contributed by atoms with E-state index in [-0.39, 0.29) is 23.9 Å². The minimum atomic E-state index is -0.218. The first kappa shape index (κ1) is 11.1. The molecule has 1 saturated heterocycles. The lowest BCUT2D eigenvalue weighted by Gasteiger charge is -2.39. The van der Waals surface area contributed by atoms with Gasteiger partial charge in [0.25, 0.3) is 0 Å². The van der Waals surface area contributed by atoms with Gasteiger partial charge in [-0.15, -0.1) is 0 Å². The number of hydrogen-bond donors (Lipinski definition) is 1. The van der Waals surface area contributed by atoms with E-state index in [9.17, 15) is 9.59 Å². The summed E-state index contributed by atoms with van der Waals surface area (Å²) in [7, 11) is 0. The summed E-state index contributed by atoms with van der Waals surface area (Å²) in [6.45, 7) is 2.80. The standard InChI is InChI=1S/C13H20N2O2/c1-2-7-15-11(9-5-6-9)12(16)14-10(13(15)17)8-3-4-8/h8-11H,2-7H2,1H3,(H,14,16). The zero-order valence-electron chi connectivity index (χ0n) is 10.3. The van der Waals surface area contributed by atoms with Gasteiger partial charge in [0.2, 0.25) is 11.8 Å². The number of hydrogen-bond acceptors (Lipinski definition) is 2. The van der Waals surface area contributed by atoms with Gasteiger partial charge >= 0.3 is 0 Å². The largest absolute Gasteiger partial charge is 0.342 e. The molecule has 2 unspecified atom stereocenters. The predicted molar refractivity (Wildman–Crippen MR) is 63.2 cm³/mol. The predicted octanol–water partition coefficient (Wildman–Crippen LogP) is 0.912. The molecule has 0 radical (unpaired) electrons. The quantitative estimate of drug-likeness (QED) is 0.789. The molecule has 0 aromatic rings. The van der Waals surface area contributed by atoms with Gasteiger partial charge in [-0.2, -0.15) is 0 Å². The number of rotatable bonds is 4. The molecule has 17 heavy (non-hydrogen) atoms. The SMILES string of the molecule is CCCN1C(=O)C(C2CC2)NC(=O)C1C1CC1. The van der Waals surface area contributed by atoms with Gasteiger partial charge in [-0.3, -0.25) is 9.59 Å². The molecule has 1 aliphatic heterocycles. The molecular weight excluding hydrogens is 216 g/mol. The fourth-order valence-corrected chi connectivity index (χ4v) is 2.88. The number of carbonyl (C=O) groups excluding carboxylic acids is 2. The molecule has 3 rings (SSSR count). The van der Waals surface area contributed by atoms with Crippen LogP contribution in [0.2, 0.25) is 0 Å². The highest BCUT2D eigenvalue weighted by Crippen LogP contribution is 2.40. The van der Waals surface area contributed by atoms with Crippen molar-refractivity contribution >= 4 is 11.8 Å². The number of nitrogens with one attached hydrogen (secondary N) is 1. The third kappa shape index (κ3) is 1.94. The van der Waals surface area contributed by atoms with Crippen molar-refractivity contribution in [1.29, 1.82) is 0 Å². The van der Waals surface area contributed by atoms with Crippen LogP contribution < -0.4 is 5.32 Å². The summed E-state index contributed by atoms with van der Waals surface area (Å²) in [4.78, 5) is 26.4. The fraction of sp³-hybridized carbons (Fsp3) is 0.846. The van der Waals surface area contributed by atoms with Gasteiger partial charge < -0.3 is 10.2 Å². The van der Waals surface area contributed by atoms with Crippen LogP contribution in [0.4, 0.5) is 0 Å². The molecule has 2 aliphatic carbocycles. The van der Waals surface area contributed by atoms with Crippen LogP contribution in [0.15, 0.2) is 0 Å². The topological polar surface area (TPSA) is 49.4 Å². The van der Waals surface area contributed by atoms with Gasteiger partial charge in [0, 0.05) is 6.54 Å². The van der Waals surface area contributed by atoms with Crippen LogP contribution >= 0.6 is 0 Å². The van der Waals surface area contributed by atoms with Crippen LogP contribution in [-0.4, -0.2) is 35.3 Å². The minimum absolute atomic E-state index is 0.0949. The van der Waals surface area contributed by atoms with Gasteiger partial charge in [-0.1, -0.05) is 6.92 Å². The van der Waals surface area contributed by atoms with Crippen molar-refractivity contribution in [3.05, 3.63) is 0 Å². The molecule has 1 N–H and O–H groups in total. The molecule has 94 valence electrons. The van der Waals surface area contributed by atoms with E-state index in [1.807, 2.05) is 4.90 Å². The van der Waals surface area contributed by atoms with Gasteiger partial charge in [0.05, 0.1) is 0 Å². The van der Waals surface area contributed by atoms with Crippen molar-refractivity contribution in [2.24, 2.45) is 11.8 Å². The Morgan fingerprint density at radius 2 is 1.82 bits per heavy atom.